The van der Waals surface area contributed by atoms with E-state index in [1.54, 1.807) is 6.92 Å². The third-order valence-corrected chi connectivity index (χ3v) is 1.81. The molecule has 0 aromatic heterocycles. The van der Waals surface area contributed by atoms with Gasteiger partial charge in [0.15, 0.2) is 0 Å². The number of rotatable bonds is 3. The third-order valence-electron chi connectivity index (χ3n) is 1.81. The lowest BCUT2D eigenvalue weighted by Crippen LogP contribution is -2.05. The minimum Gasteiger partial charge on any atom is -0.507 e. The summed E-state index contributed by atoms with van der Waals surface area (Å²) < 4.78 is 17.9. The van der Waals surface area contributed by atoms with Gasteiger partial charge in [0.05, 0.1) is 18.2 Å². The van der Waals surface area contributed by atoms with Crippen LogP contribution in [0.4, 0.5) is 4.39 Å². The number of esters is 1. The second kappa shape index (κ2) is 5.35. The van der Waals surface area contributed by atoms with Crippen LogP contribution in [0.3, 0.4) is 0 Å². The van der Waals surface area contributed by atoms with Gasteiger partial charge in [0.1, 0.15) is 19.4 Å². The second-order valence-corrected chi connectivity index (χ2v) is 3.02. The Kier molecular flexibility index (Phi) is 4.11. The van der Waals surface area contributed by atoms with Gasteiger partial charge in [-0.05, 0) is 19.1 Å². The quantitative estimate of drug-likeness (QED) is 0.359. The molecule has 3 nitrogen and oxygen atoms in total. The van der Waals surface area contributed by atoms with Crippen LogP contribution in [-0.2, 0) is 9.53 Å². The molecule has 0 fully saturated rings. The number of hydrogen-bond acceptors (Lipinski definition) is 3. The monoisotopic (exact) mass is 220 g/mol. The van der Waals surface area contributed by atoms with Crippen molar-refractivity contribution in [3.05, 3.63) is 35.7 Å². The average molecular weight is 220 g/mol. The minimum atomic E-state index is -0.726. The molecule has 1 aromatic rings. The lowest BCUT2D eigenvalue weighted by molar-refractivity contribution is -0.137. The Labute approximate surface area is 94.0 Å². The molecule has 0 spiro atoms. The summed E-state index contributed by atoms with van der Waals surface area (Å²) in [5.74, 6) is -1.91. The number of carbonyl (C=O) groups excluding carboxylic acids is 1. The summed E-state index contributed by atoms with van der Waals surface area (Å²) in [5.41, 5.74) is 0.146. The molecule has 0 bridgehead atoms. The molecule has 0 aliphatic carbocycles. The predicted octanol–water partition coefficient (Wildman–Crippen LogP) is 1.08. The molecule has 1 aromatic carbocycles. The summed E-state index contributed by atoms with van der Waals surface area (Å²) in [6, 6.07) is 3.77. The number of halogens is 1. The highest BCUT2D eigenvalue weighted by Gasteiger charge is 2.08. The van der Waals surface area contributed by atoms with Gasteiger partial charge < -0.3 is 9.84 Å². The first kappa shape index (κ1) is 12.3. The van der Waals surface area contributed by atoms with E-state index in [2.05, 4.69) is 4.74 Å². The number of ether oxygens (including phenoxy) is 1. The maximum atomic E-state index is 13.3. The normalized spacial score (nSPS) is 11.2. The highest BCUT2D eigenvalue weighted by Crippen LogP contribution is 2.14. The molecule has 0 saturated heterocycles. The first-order valence-electron chi connectivity index (χ1n) is 4.67. The highest BCUT2D eigenvalue weighted by molar-refractivity contribution is 6.32. The molecule has 0 heterocycles. The lowest BCUT2D eigenvalue weighted by atomic mass is 9.94. The van der Waals surface area contributed by atoms with Gasteiger partial charge in [-0.2, -0.15) is 0 Å². The summed E-state index contributed by atoms with van der Waals surface area (Å²) >= 11 is 0. The topological polar surface area (TPSA) is 46.5 Å². The fraction of sp³-hybridized carbons (Fsp3) is 0.182. The maximum absolute atomic E-state index is 13.3. The van der Waals surface area contributed by atoms with E-state index in [1.807, 2.05) is 0 Å². The Morgan fingerprint density at radius 1 is 1.62 bits per heavy atom. The molecule has 1 rings (SSSR count). The molecule has 82 valence electrons. The van der Waals surface area contributed by atoms with Gasteiger partial charge in [0, 0.05) is 0 Å². The fourth-order valence-electron chi connectivity index (χ4n) is 1.11. The van der Waals surface area contributed by atoms with Crippen LogP contribution in [-0.4, -0.2) is 25.5 Å². The van der Waals surface area contributed by atoms with Gasteiger partial charge >= 0.3 is 5.97 Å². The van der Waals surface area contributed by atoms with Crippen molar-refractivity contribution in [2.45, 2.75) is 6.92 Å². The standard InChI is InChI=1S/C11H10BFO3/c1-2-16-11(15)6-10(14)8-4-3-7(12)5-9(8)13/h3-6,14H,2H2,1H3/b10-6-. The molecule has 16 heavy (non-hydrogen) atoms. The third kappa shape index (κ3) is 3.12. The molecule has 0 atom stereocenters. The van der Waals surface area contributed by atoms with Crippen LogP contribution in [0.1, 0.15) is 12.5 Å². The SMILES string of the molecule is [B]c1ccc(/C(O)=C/C(=O)OCC)c(F)c1. The summed E-state index contributed by atoms with van der Waals surface area (Å²) in [4.78, 5) is 11.0. The van der Waals surface area contributed by atoms with E-state index in [9.17, 15) is 14.3 Å². The largest absolute Gasteiger partial charge is 0.507 e. The van der Waals surface area contributed by atoms with Gasteiger partial charge in [-0.3, -0.25) is 0 Å². The Balaban J connectivity index is 2.96. The molecule has 0 amide bonds. The van der Waals surface area contributed by atoms with Crippen LogP contribution in [0.15, 0.2) is 24.3 Å². The van der Waals surface area contributed by atoms with Crippen molar-refractivity contribution in [1.82, 2.24) is 0 Å². The Hall–Kier alpha value is -1.78. The molecular weight excluding hydrogens is 210 g/mol. The number of aliphatic hydroxyl groups excluding tert-OH is 1. The van der Waals surface area contributed by atoms with Crippen LogP contribution in [0.25, 0.3) is 5.76 Å². The average Bonchev–Trinajstić information content (AvgIpc) is 2.17. The predicted molar refractivity (Wildman–Crippen MR) is 59.0 cm³/mol. The molecule has 0 saturated carbocycles. The van der Waals surface area contributed by atoms with E-state index >= 15 is 0 Å². The number of benzene rings is 1. The van der Waals surface area contributed by atoms with Crippen molar-refractivity contribution >= 4 is 25.0 Å². The summed E-state index contributed by atoms with van der Waals surface area (Å²) in [6.07, 6.45) is 0.818. The number of hydrogen-bond donors (Lipinski definition) is 1. The van der Waals surface area contributed by atoms with Crippen molar-refractivity contribution < 1.29 is 19.0 Å². The van der Waals surface area contributed by atoms with Crippen LogP contribution >= 0.6 is 0 Å². The smallest absolute Gasteiger partial charge is 0.334 e. The van der Waals surface area contributed by atoms with Gasteiger partial charge in [-0.1, -0.05) is 11.5 Å². The van der Waals surface area contributed by atoms with Crippen LogP contribution in [0.2, 0.25) is 0 Å². The molecule has 5 heteroatoms. The zero-order chi connectivity index (χ0) is 12.1. The Morgan fingerprint density at radius 2 is 2.31 bits per heavy atom. The van der Waals surface area contributed by atoms with Gasteiger partial charge in [-0.25, -0.2) is 9.18 Å². The molecule has 0 aliphatic heterocycles. The van der Waals surface area contributed by atoms with E-state index in [1.165, 1.54) is 12.1 Å². The van der Waals surface area contributed by atoms with Crippen molar-refractivity contribution in [3.8, 4) is 0 Å². The highest BCUT2D eigenvalue weighted by atomic mass is 19.1. The molecular formula is C11H10BFO3. The van der Waals surface area contributed by atoms with Crippen molar-refractivity contribution in [1.29, 1.82) is 0 Å². The van der Waals surface area contributed by atoms with E-state index in [0.717, 1.165) is 12.1 Å². The lowest BCUT2D eigenvalue weighted by Gasteiger charge is -2.03. The molecule has 2 radical (unpaired) electrons. The number of aliphatic hydroxyl groups is 1. The van der Waals surface area contributed by atoms with Crippen LogP contribution < -0.4 is 5.46 Å². The van der Waals surface area contributed by atoms with Crippen molar-refractivity contribution in [2.24, 2.45) is 0 Å². The summed E-state index contributed by atoms with van der Waals surface area (Å²) in [7, 11) is 5.34. The zero-order valence-corrected chi connectivity index (χ0v) is 8.74. The summed E-state index contributed by atoms with van der Waals surface area (Å²) in [5, 5.41) is 9.47. The van der Waals surface area contributed by atoms with Gasteiger partial charge in [0.25, 0.3) is 0 Å². The minimum absolute atomic E-state index is 0.0951. The van der Waals surface area contributed by atoms with Crippen LogP contribution in [0, 0.1) is 5.82 Å². The number of carbonyl (C=O) groups is 1. The molecule has 1 N–H and O–H groups in total. The van der Waals surface area contributed by atoms with Crippen molar-refractivity contribution in [3.63, 3.8) is 0 Å². The van der Waals surface area contributed by atoms with Gasteiger partial charge in [-0.15, -0.1) is 0 Å². The fourth-order valence-corrected chi connectivity index (χ4v) is 1.11. The van der Waals surface area contributed by atoms with Crippen LogP contribution in [0.5, 0.6) is 0 Å². The molecule has 0 aliphatic rings. The zero-order valence-electron chi connectivity index (χ0n) is 8.74. The first-order valence-corrected chi connectivity index (χ1v) is 4.67. The van der Waals surface area contributed by atoms with Crippen molar-refractivity contribution in [2.75, 3.05) is 6.61 Å². The molecule has 0 unspecified atom stereocenters. The van der Waals surface area contributed by atoms with Gasteiger partial charge in [0.2, 0.25) is 0 Å². The maximum Gasteiger partial charge on any atom is 0.334 e. The van der Waals surface area contributed by atoms with E-state index in [-0.39, 0.29) is 17.6 Å². The second-order valence-electron chi connectivity index (χ2n) is 3.02. The van der Waals surface area contributed by atoms with E-state index < -0.39 is 17.5 Å². The Bertz CT molecular complexity index is 429. The first-order chi connectivity index (χ1) is 7.54. The van der Waals surface area contributed by atoms with E-state index in [0.29, 0.717) is 0 Å². The van der Waals surface area contributed by atoms with E-state index in [4.69, 9.17) is 7.85 Å². The summed E-state index contributed by atoms with van der Waals surface area (Å²) in [6.45, 7) is 1.82. The Morgan fingerprint density at radius 3 is 2.88 bits per heavy atom.